The maximum Gasteiger partial charge on any atom is 0.191 e. The monoisotopic (exact) mass is 457 g/mol. The Labute approximate surface area is 164 Å². The molecule has 0 aromatic carbocycles. The smallest absolute Gasteiger partial charge is 0.191 e. The largest absolute Gasteiger partial charge is 0.357 e. The second kappa shape index (κ2) is 9.83. The molecule has 2 aromatic rings. The average Bonchev–Trinajstić information content (AvgIpc) is 3.29. The average molecular weight is 457 g/mol. The second-order valence-corrected chi connectivity index (χ2v) is 6.41. The predicted molar refractivity (Wildman–Crippen MR) is 112 cm³/mol. The van der Waals surface area contributed by atoms with E-state index in [-0.39, 0.29) is 24.0 Å². The van der Waals surface area contributed by atoms with Crippen molar-refractivity contribution in [1.82, 2.24) is 15.6 Å². The molecule has 1 aliphatic heterocycles. The van der Waals surface area contributed by atoms with Crippen LogP contribution in [0.1, 0.15) is 24.0 Å². The summed E-state index contributed by atoms with van der Waals surface area (Å²) in [7, 11) is 1.80. The molecule has 0 saturated carbocycles. The molecule has 1 aliphatic rings. The molecule has 2 N–H and O–H groups in total. The minimum atomic E-state index is 0. The van der Waals surface area contributed by atoms with Gasteiger partial charge in [0, 0.05) is 39.4 Å². The van der Waals surface area contributed by atoms with Crippen LogP contribution in [0.2, 0.25) is 0 Å². The number of aromatic nitrogens is 1. The minimum Gasteiger partial charge on any atom is -0.357 e. The molecule has 1 fully saturated rings. The minimum absolute atomic E-state index is 0. The molecule has 1 saturated heterocycles. The van der Waals surface area contributed by atoms with Gasteiger partial charge in [-0.1, -0.05) is 0 Å². The molecule has 0 radical (unpaired) electrons. The SMILES string of the molecule is CN=C(NCc1ccsc1)NCc1ccnc(N2CCCC2)c1.I. The van der Waals surface area contributed by atoms with Gasteiger partial charge in [0.1, 0.15) is 5.82 Å². The van der Waals surface area contributed by atoms with Gasteiger partial charge in [0.15, 0.2) is 5.96 Å². The number of guanidine groups is 1. The van der Waals surface area contributed by atoms with Crippen molar-refractivity contribution in [3.8, 4) is 0 Å². The molecule has 3 rings (SSSR count). The molecular formula is C17H24IN5S. The molecule has 24 heavy (non-hydrogen) atoms. The predicted octanol–water partition coefficient (Wildman–Crippen LogP) is 3.23. The zero-order valence-electron chi connectivity index (χ0n) is 13.9. The van der Waals surface area contributed by atoms with Crippen LogP contribution in [0.15, 0.2) is 40.1 Å². The fraction of sp³-hybridized carbons (Fsp3) is 0.412. The van der Waals surface area contributed by atoms with E-state index in [4.69, 9.17) is 0 Å². The maximum absolute atomic E-state index is 4.49. The lowest BCUT2D eigenvalue weighted by molar-refractivity contribution is 0.808. The van der Waals surface area contributed by atoms with Crippen molar-refractivity contribution in [2.75, 3.05) is 25.0 Å². The fourth-order valence-corrected chi connectivity index (χ4v) is 3.34. The Morgan fingerprint density at radius 2 is 1.96 bits per heavy atom. The number of nitrogens with zero attached hydrogens (tertiary/aromatic N) is 3. The number of aliphatic imine (C=N–C) groups is 1. The first-order chi connectivity index (χ1) is 11.3. The Kier molecular flexibility index (Phi) is 7.77. The van der Waals surface area contributed by atoms with Gasteiger partial charge >= 0.3 is 0 Å². The Bertz CT molecular complexity index is 638. The van der Waals surface area contributed by atoms with Crippen molar-refractivity contribution in [3.05, 3.63) is 46.3 Å². The van der Waals surface area contributed by atoms with Gasteiger partial charge in [0.2, 0.25) is 0 Å². The van der Waals surface area contributed by atoms with Crippen LogP contribution < -0.4 is 15.5 Å². The summed E-state index contributed by atoms with van der Waals surface area (Å²) in [4.78, 5) is 11.1. The van der Waals surface area contributed by atoms with Gasteiger partial charge in [-0.15, -0.1) is 24.0 Å². The standard InChI is InChI=1S/C17H23N5S.HI/c1-18-17(21-12-15-5-9-23-13-15)20-11-14-4-6-19-16(10-14)22-7-2-3-8-22;/h4-6,9-10,13H,2-3,7-8,11-12H2,1H3,(H2,18,20,21);1H. The number of rotatable bonds is 5. The number of anilines is 1. The van der Waals surface area contributed by atoms with Crippen molar-refractivity contribution in [2.45, 2.75) is 25.9 Å². The van der Waals surface area contributed by atoms with Crippen molar-refractivity contribution in [1.29, 1.82) is 0 Å². The van der Waals surface area contributed by atoms with Crippen LogP contribution >= 0.6 is 35.3 Å². The fourth-order valence-electron chi connectivity index (χ4n) is 2.68. The van der Waals surface area contributed by atoms with Crippen LogP contribution in [0.5, 0.6) is 0 Å². The summed E-state index contributed by atoms with van der Waals surface area (Å²) < 4.78 is 0. The van der Waals surface area contributed by atoms with E-state index in [0.717, 1.165) is 38.0 Å². The lowest BCUT2D eigenvalue weighted by Gasteiger charge is -2.17. The Morgan fingerprint density at radius 3 is 2.62 bits per heavy atom. The zero-order valence-corrected chi connectivity index (χ0v) is 17.0. The maximum atomic E-state index is 4.49. The van der Waals surface area contributed by atoms with Gasteiger partial charge in [-0.2, -0.15) is 11.3 Å². The number of nitrogens with one attached hydrogen (secondary N) is 2. The van der Waals surface area contributed by atoms with E-state index in [0.29, 0.717) is 0 Å². The van der Waals surface area contributed by atoms with Crippen LogP contribution in [0.4, 0.5) is 5.82 Å². The topological polar surface area (TPSA) is 52.6 Å². The number of pyridine rings is 1. The highest BCUT2D eigenvalue weighted by atomic mass is 127. The van der Waals surface area contributed by atoms with Crippen LogP contribution in [0.25, 0.3) is 0 Å². The molecule has 130 valence electrons. The van der Waals surface area contributed by atoms with Gasteiger partial charge in [0.25, 0.3) is 0 Å². The molecule has 0 aliphatic carbocycles. The lowest BCUT2D eigenvalue weighted by Crippen LogP contribution is -2.36. The summed E-state index contributed by atoms with van der Waals surface area (Å²) in [5.74, 6) is 1.90. The first-order valence-electron chi connectivity index (χ1n) is 8.00. The molecular weight excluding hydrogens is 433 g/mol. The molecule has 2 aromatic heterocycles. The van der Waals surface area contributed by atoms with Gasteiger partial charge in [-0.25, -0.2) is 4.98 Å². The van der Waals surface area contributed by atoms with Crippen LogP contribution in [0, 0.1) is 0 Å². The molecule has 3 heterocycles. The normalized spacial score (nSPS) is 14.4. The van der Waals surface area contributed by atoms with Gasteiger partial charge < -0.3 is 15.5 Å². The zero-order chi connectivity index (χ0) is 15.9. The summed E-state index contributed by atoms with van der Waals surface area (Å²) in [5, 5.41) is 10.9. The Balaban J connectivity index is 0.00000208. The van der Waals surface area contributed by atoms with Gasteiger partial charge in [-0.3, -0.25) is 4.99 Å². The molecule has 0 spiro atoms. The van der Waals surface area contributed by atoms with Crippen LogP contribution in [-0.2, 0) is 13.1 Å². The quantitative estimate of drug-likeness (QED) is 0.412. The summed E-state index contributed by atoms with van der Waals surface area (Å²) in [5.41, 5.74) is 2.50. The van der Waals surface area contributed by atoms with Crippen LogP contribution in [-0.4, -0.2) is 31.1 Å². The second-order valence-electron chi connectivity index (χ2n) is 5.63. The van der Waals surface area contributed by atoms with E-state index < -0.39 is 0 Å². The number of hydrogen-bond acceptors (Lipinski definition) is 4. The van der Waals surface area contributed by atoms with Crippen molar-refractivity contribution in [3.63, 3.8) is 0 Å². The molecule has 0 unspecified atom stereocenters. The summed E-state index contributed by atoms with van der Waals surface area (Å²) >= 11 is 1.71. The molecule has 5 nitrogen and oxygen atoms in total. The first kappa shape index (κ1) is 19.0. The lowest BCUT2D eigenvalue weighted by atomic mass is 10.2. The Hall–Kier alpha value is -1.35. The van der Waals surface area contributed by atoms with Crippen molar-refractivity contribution >= 4 is 47.1 Å². The first-order valence-corrected chi connectivity index (χ1v) is 8.95. The number of hydrogen-bond donors (Lipinski definition) is 2. The number of thiophene rings is 1. The molecule has 7 heteroatoms. The summed E-state index contributed by atoms with van der Waals surface area (Å²) in [6.07, 6.45) is 4.43. The van der Waals surface area contributed by atoms with E-state index in [2.05, 4.69) is 54.5 Å². The highest BCUT2D eigenvalue weighted by Crippen LogP contribution is 2.18. The van der Waals surface area contributed by atoms with E-state index in [1.807, 2.05) is 6.20 Å². The van der Waals surface area contributed by atoms with E-state index >= 15 is 0 Å². The third kappa shape index (κ3) is 5.34. The summed E-state index contributed by atoms with van der Waals surface area (Å²) in [6, 6.07) is 6.35. The highest BCUT2D eigenvalue weighted by molar-refractivity contribution is 14.0. The molecule has 0 atom stereocenters. The van der Waals surface area contributed by atoms with Crippen LogP contribution in [0.3, 0.4) is 0 Å². The van der Waals surface area contributed by atoms with Crippen molar-refractivity contribution < 1.29 is 0 Å². The third-order valence-corrected chi connectivity index (χ3v) is 4.70. The summed E-state index contributed by atoms with van der Waals surface area (Å²) in [6.45, 7) is 3.77. The molecule has 0 bridgehead atoms. The van der Waals surface area contributed by atoms with E-state index in [1.54, 1.807) is 18.4 Å². The highest BCUT2D eigenvalue weighted by Gasteiger charge is 2.13. The molecule has 0 amide bonds. The van der Waals surface area contributed by atoms with Crippen molar-refractivity contribution in [2.24, 2.45) is 4.99 Å². The van der Waals surface area contributed by atoms with E-state index in [9.17, 15) is 0 Å². The van der Waals surface area contributed by atoms with Gasteiger partial charge in [0.05, 0.1) is 0 Å². The van der Waals surface area contributed by atoms with Gasteiger partial charge in [-0.05, 0) is 52.9 Å². The van der Waals surface area contributed by atoms with E-state index in [1.165, 1.54) is 24.0 Å². The number of halogens is 1. The Morgan fingerprint density at radius 1 is 1.21 bits per heavy atom. The third-order valence-electron chi connectivity index (χ3n) is 3.96.